The summed E-state index contributed by atoms with van der Waals surface area (Å²) >= 11 is 0. The van der Waals surface area contributed by atoms with Crippen molar-refractivity contribution in [2.75, 3.05) is 12.0 Å². The van der Waals surface area contributed by atoms with E-state index >= 15 is 0 Å². The Morgan fingerprint density at radius 3 is 2.58 bits per heavy atom. The maximum absolute atomic E-state index is 12.0. The highest BCUT2D eigenvalue weighted by Crippen LogP contribution is 2.12. The highest BCUT2D eigenvalue weighted by atomic mass is 32.2. The number of pyridine rings is 1. The lowest BCUT2D eigenvalue weighted by molar-refractivity contribution is 0.564. The van der Waals surface area contributed by atoms with E-state index in [1.54, 1.807) is 6.07 Å². The Labute approximate surface area is 112 Å². The average Bonchev–Trinajstić information content (AvgIpc) is 2.25. The minimum atomic E-state index is -3.97. The van der Waals surface area contributed by atoms with Crippen LogP contribution in [0.15, 0.2) is 23.2 Å². The molecule has 0 fully saturated rings. The first kappa shape index (κ1) is 15.6. The fraction of sp³-hybridized carbons (Fsp3) is 0.400. The van der Waals surface area contributed by atoms with Gasteiger partial charge in [-0.2, -0.15) is 5.26 Å². The van der Waals surface area contributed by atoms with Crippen LogP contribution in [0.25, 0.3) is 0 Å². The Bertz CT molecular complexity index is 705. The molecule has 0 aromatic carbocycles. The van der Waals surface area contributed by atoms with Gasteiger partial charge in [0.05, 0.1) is 5.75 Å². The van der Waals surface area contributed by atoms with Gasteiger partial charge in [0.25, 0.3) is 0 Å². The van der Waals surface area contributed by atoms with Gasteiger partial charge in [0.15, 0.2) is 5.69 Å². The molecule has 1 aromatic heterocycles. The van der Waals surface area contributed by atoms with Crippen LogP contribution in [0.1, 0.15) is 12.6 Å². The predicted molar refractivity (Wildman–Crippen MR) is 68.4 cm³/mol. The molecule has 0 aliphatic carbocycles. The van der Waals surface area contributed by atoms with E-state index in [4.69, 9.17) is 5.26 Å². The lowest BCUT2D eigenvalue weighted by Gasteiger charge is -2.13. The van der Waals surface area contributed by atoms with Crippen LogP contribution in [-0.4, -0.2) is 39.9 Å². The Morgan fingerprint density at radius 1 is 1.42 bits per heavy atom. The van der Waals surface area contributed by atoms with Gasteiger partial charge in [0.2, 0.25) is 10.0 Å². The summed E-state index contributed by atoms with van der Waals surface area (Å²) in [5.74, 6) is -0.325. The molecule has 0 saturated heterocycles. The molecule has 0 saturated carbocycles. The summed E-state index contributed by atoms with van der Waals surface area (Å²) in [6.45, 7) is 1.43. The summed E-state index contributed by atoms with van der Waals surface area (Å²) in [5, 5.41) is 8.80. The molecule has 0 amide bonds. The SMILES string of the molecule is CC(CS(C)(=O)=O)NS(=O)(=O)c1cccnc1C#N. The molecule has 1 unspecified atom stereocenters. The number of aromatic nitrogens is 1. The van der Waals surface area contributed by atoms with Crippen LogP contribution < -0.4 is 4.72 Å². The van der Waals surface area contributed by atoms with Crippen LogP contribution in [0.5, 0.6) is 0 Å². The van der Waals surface area contributed by atoms with Gasteiger partial charge in [-0.05, 0) is 19.1 Å². The zero-order valence-corrected chi connectivity index (χ0v) is 12.0. The van der Waals surface area contributed by atoms with Gasteiger partial charge in [-0.15, -0.1) is 0 Å². The first-order valence-electron chi connectivity index (χ1n) is 5.21. The van der Waals surface area contributed by atoms with Crippen LogP contribution in [0.3, 0.4) is 0 Å². The third-order valence-electron chi connectivity index (χ3n) is 2.08. The molecule has 1 aromatic rings. The summed E-state index contributed by atoms with van der Waals surface area (Å²) < 4.78 is 48.4. The lowest BCUT2D eigenvalue weighted by Crippen LogP contribution is -2.37. The molecule has 0 aliphatic heterocycles. The second-order valence-corrected chi connectivity index (χ2v) is 7.94. The minimum absolute atomic E-state index is 0.235. The molecule has 1 rings (SSSR count). The van der Waals surface area contributed by atoms with Crippen molar-refractivity contribution in [3.05, 3.63) is 24.0 Å². The minimum Gasteiger partial charge on any atom is -0.244 e. The van der Waals surface area contributed by atoms with Crippen molar-refractivity contribution in [2.45, 2.75) is 17.9 Å². The predicted octanol–water partition coefficient (Wildman–Crippen LogP) is -0.335. The summed E-state index contributed by atoms with van der Waals surface area (Å²) in [6, 6.07) is 3.50. The number of nitrogens with one attached hydrogen (secondary N) is 1. The van der Waals surface area contributed by atoms with Crippen molar-refractivity contribution in [1.82, 2.24) is 9.71 Å². The van der Waals surface area contributed by atoms with Crippen LogP contribution in [0.4, 0.5) is 0 Å². The third kappa shape index (κ3) is 4.59. The van der Waals surface area contributed by atoms with Gasteiger partial charge in [-0.25, -0.2) is 26.5 Å². The number of sulfone groups is 1. The number of hydrogen-bond donors (Lipinski definition) is 1. The lowest BCUT2D eigenvalue weighted by atomic mass is 10.4. The van der Waals surface area contributed by atoms with Crippen molar-refractivity contribution >= 4 is 19.9 Å². The molecule has 1 heterocycles. The van der Waals surface area contributed by atoms with Gasteiger partial charge in [0.1, 0.15) is 20.8 Å². The van der Waals surface area contributed by atoms with Gasteiger partial charge >= 0.3 is 0 Å². The maximum atomic E-state index is 12.0. The Hall–Kier alpha value is -1.50. The Morgan fingerprint density at radius 2 is 2.05 bits per heavy atom. The zero-order chi connectivity index (χ0) is 14.7. The maximum Gasteiger partial charge on any atom is 0.243 e. The van der Waals surface area contributed by atoms with Crippen LogP contribution in [0.2, 0.25) is 0 Å². The molecule has 7 nitrogen and oxygen atoms in total. The van der Waals surface area contributed by atoms with Crippen LogP contribution >= 0.6 is 0 Å². The molecule has 19 heavy (non-hydrogen) atoms. The zero-order valence-electron chi connectivity index (χ0n) is 10.4. The van der Waals surface area contributed by atoms with E-state index in [-0.39, 0.29) is 16.3 Å². The van der Waals surface area contributed by atoms with E-state index in [0.717, 1.165) is 6.26 Å². The van der Waals surface area contributed by atoms with Gasteiger partial charge < -0.3 is 0 Å². The van der Waals surface area contributed by atoms with E-state index in [9.17, 15) is 16.8 Å². The van der Waals surface area contributed by atoms with Crippen molar-refractivity contribution in [3.8, 4) is 6.07 Å². The van der Waals surface area contributed by atoms with Crippen molar-refractivity contribution < 1.29 is 16.8 Å². The normalized spacial score (nSPS) is 13.7. The summed E-state index contributed by atoms with van der Waals surface area (Å²) in [5.41, 5.74) is -0.235. The van der Waals surface area contributed by atoms with Crippen LogP contribution in [0, 0.1) is 11.3 Å². The van der Waals surface area contributed by atoms with Crippen molar-refractivity contribution in [1.29, 1.82) is 5.26 Å². The molecule has 0 bridgehead atoms. The molecule has 9 heteroatoms. The molecular formula is C10H13N3O4S2. The molecule has 1 N–H and O–H groups in total. The third-order valence-corrected chi connectivity index (χ3v) is 4.80. The second kappa shape index (κ2) is 5.64. The smallest absolute Gasteiger partial charge is 0.243 e. The van der Waals surface area contributed by atoms with E-state index in [1.807, 2.05) is 0 Å². The van der Waals surface area contributed by atoms with E-state index in [2.05, 4.69) is 9.71 Å². The molecule has 1 atom stereocenters. The van der Waals surface area contributed by atoms with Gasteiger partial charge in [0, 0.05) is 18.5 Å². The van der Waals surface area contributed by atoms with E-state index in [0.29, 0.717) is 0 Å². The first-order chi connectivity index (χ1) is 8.65. The average molecular weight is 303 g/mol. The Balaban J connectivity index is 3.03. The van der Waals surface area contributed by atoms with Crippen molar-refractivity contribution in [3.63, 3.8) is 0 Å². The van der Waals surface area contributed by atoms with Crippen molar-refractivity contribution in [2.24, 2.45) is 0 Å². The molecule has 0 radical (unpaired) electrons. The number of hydrogen-bond acceptors (Lipinski definition) is 6. The number of nitrogens with zero attached hydrogens (tertiary/aromatic N) is 2. The number of rotatable bonds is 5. The first-order valence-corrected chi connectivity index (χ1v) is 8.75. The fourth-order valence-corrected chi connectivity index (χ4v) is 3.96. The Kier molecular flexibility index (Phi) is 4.62. The summed E-state index contributed by atoms with van der Waals surface area (Å²) in [7, 11) is -7.28. The molecular weight excluding hydrogens is 290 g/mol. The largest absolute Gasteiger partial charge is 0.244 e. The molecule has 104 valence electrons. The van der Waals surface area contributed by atoms with Gasteiger partial charge in [-0.1, -0.05) is 0 Å². The van der Waals surface area contributed by atoms with E-state index in [1.165, 1.54) is 25.3 Å². The highest BCUT2D eigenvalue weighted by Gasteiger charge is 2.23. The summed E-state index contributed by atoms with van der Waals surface area (Å²) in [6.07, 6.45) is 2.32. The number of nitriles is 1. The van der Waals surface area contributed by atoms with Crippen LogP contribution in [-0.2, 0) is 19.9 Å². The monoisotopic (exact) mass is 303 g/mol. The standard InChI is InChI=1S/C10H13N3O4S2/c1-8(7-18(2,14)15)13-19(16,17)10-4-3-5-12-9(10)6-11/h3-5,8,13H,7H2,1-2H3. The van der Waals surface area contributed by atoms with E-state index < -0.39 is 25.9 Å². The fourth-order valence-electron chi connectivity index (χ4n) is 1.51. The summed E-state index contributed by atoms with van der Waals surface area (Å²) in [4.78, 5) is 3.38. The topological polar surface area (TPSA) is 117 Å². The highest BCUT2D eigenvalue weighted by molar-refractivity contribution is 7.91. The molecule has 0 spiro atoms. The number of sulfonamides is 1. The van der Waals surface area contributed by atoms with Gasteiger partial charge in [-0.3, -0.25) is 0 Å². The molecule has 0 aliphatic rings. The quantitative estimate of drug-likeness (QED) is 0.795. The second-order valence-electron chi connectivity index (χ2n) is 4.08.